The molecule has 1 atom stereocenters. The summed E-state index contributed by atoms with van der Waals surface area (Å²) in [5.41, 5.74) is 3.20. The van der Waals surface area contributed by atoms with Crippen LogP contribution in [0, 0.1) is 0 Å². The number of fused-ring (bicyclic) bond motifs is 1. The molecule has 0 aliphatic heterocycles. The molecule has 0 spiro atoms. The summed E-state index contributed by atoms with van der Waals surface area (Å²) in [6, 6.07) is 2.04. The number of hydrogen-bond donors (Lipinski definition) is 1. The van der Waals surface area contributed by atoms with Crippen LogP contribution >= 0.6 is 0 Å². The van der Waals surface area contributed by atoms with E-state index in [2.05, 4.69) is 22.3 Å². The van der Waals surface area contributed by atoms with E-state index in [-0.39, 0.29) is 6.04 Å². The quantitative estimate of drug-likeness (QED) is 0.760. The Bertz CT molecular complexity index is 629. The number of nitrogens with one attached hydrogen (secondary N) is 1. The van der Waals surface area contributed by atoms with Gasteiger partial charge in [-0.1, -0.05) is 6.92 Å². The third-order valence-corrected chi connectivity index (χ3v) is 2.95. The highest BCUT2D eigenvalue weighted by molar-refractivity contribution is 5.55. The second-order valence-electron chi connectivity index (χ2n) is 4.05. The fraction of sp³-hybridized carbons (Fsp3) is 0.231. The van der Waals surface area contributed by atoms with Gasteiger partial charge >= 0.3 is 0 Å². The molecule has 0 aliphatic carbocycles. The summed E-state index contributed by atoms with van der Waals surface area (Å²) in [4.78, 5) is 4.16. The summed E-state index contributed by atoms with van der Waals surface area (Å²) >= 11 is 0. The Hall–Kier alpha value is -2.14. The molecule has 3 aromatic rings. The first kappa shape index (κ1) is 11.0. The summed E-state index contributed by atoms with van der Waals surface area (Å²) in [5, 5.41) is 7.78. The van der Waals surface area contributed by atoms with Crippen molar-refractivity contribution in [1.29, 1.82) is 0 Å². The predicted molar refractivity (Wildman–Crippen MR) is 67.2 cm³/mol. The zero-order valence-electron chi connectivity index (χ0n) is 10.1. The molecular weight excluding hydrogens is 228 g/mol. The van der Waals surface area contributed by atoms with Gasteiger partial charge in [0.15, 0.2) is 0 Å². The smallest absolute Gasteiger partial charge is 0.0953 e. The van der Waals surface area contributed by atoms with Crippen LogP contribution in [0.5, 0.6) is 0 Å². The van der Waals surface area contributed by atoms with Gasteiger partial charge in [0.1, 0.15) is 0 Å². The lowest BCUT2D eigenvalue weighted by atomic mass is 10.0. The van der Waals surface area contributed by atoms with E-state index in [1.54, 1.807) is 18.7 Å². The van der Waals surface area contributed by atoms with Crippen molar-refractivity contribution in [1.82, 2.24) is 19.9 Å². The normalized spacial score (nSPS) is 12.9. The van der Waals surface area contributed by atoms with Crippen LogP contribution in [0.1, 0.15) is 24.1 Å². The van der Waals surface area contributed by atoms with E-state index in [9.17, 15) is 0 Å². The Labute approximate surface area is 104 Å². The SMILES string of the molecule is CCNC(c1ccoc1)c1cnn2ccncc12. The van der Waals surface area contributed by atoms with Gasteiger partial charge in [-0.3, -0.25) is 4.98 Å². The Morgan fingerprint density at radius 3 is 3.17 bits per heavy atom. The molecule has 0 saturated carbocycles. The first-order valence-electron chi connectivity index (χ1n) is 5.93. The molecule has 3 rings (SSSR count). The third kappa shape index (κ3) is 1.78. The van der Waals surface area contributed by atoms with Crippen molar-refractivity contribution in [2.24, 2.45) is 0 Å². The molecule has 1 unspecified atom stereocenters. The summed E-state index contributed by atoms with van der Waals surface area (Å²) in [6.07, 6.45) is 10.7. The molecule has 0 radical (unpaired) electrons. The van der Waals surface area contributed by atoms with Crippen LogP contribution in [0.3, 0.4) is 0 Å². The lowest BCUT2D eigenvalue weighted by Crippen LogP contribution is -2.21. The highest BCUT2D eigenvalue weighted by Crippen LogP contribution is 2.25. The summed E-state index contributed by atoms with van der Waals surface area (Å²) in [6.45, 7) is 2.95. The van der Waals surface area contributed by atoms with Crippen LogP contribution in [-0.4, -0.2) is 21.1 Å². The number of furan rings is 1. The first-order valence-corrected chi connectivity index (χ1v) is 5.93. The van der Waals surface area contributed by atoms with Crippen molar-refractivity contribution in [3.63, 3.8) is 0 Å². The van der Waals surface area contributed by atoms with E-state index in [0.29, 0.717) is 0 Å². The highest BCUT2D eigenvalue weighted by atomic mass is 16.3. The average molecular weight is 242 g/mol. The van der Waals surface area contributed by atoms with Crippen LogP contribution < -0.4 is 5.32 Å². The van der Waals surface area contributed by atoms with Crippen LogP contribution in [0.15, 0.2) is 47.8 Å². The van der Waals surface area contributed by atoms with Crippen molar-refractivity contribution < 1.29 is 4.42 Å². The van der Waals surface area contributed by atoms with E-state index in [4.69, 9.17) is 4.42 Å². The molecule has 3 heterocycles. The topological polar surface area (TPSA) is 55.4 Å². The minimum Gasteiger partial charge on any atom is -0.472 e. The van der Waals surface area contributed by atoms with Crippen molar-refractivity contribution in [3.8, 4) is 0 Å². The van der Waals surface area contributed by atoms with Gasteiger partial charge < -0.3 is 9.73 Å². The summed E-state index contributed by atoms with van der Waals surface area (Å²) in [5.74, 6) is 0. The maximum atomic E-state index is 5.17. The fourth-order valence-electron chi connectivity index (χ4n) is 2.13. The molecule has 5 nitrogen and oxygen atoms in total. The second kappa shape index (κ2) is 4.62. The van der Waals surface area contributed by atoms with Gasteiger partial charge in [-0.25, -0.2) is 4.52 Å². The zero-order chi connectivity index (χ0) is 12.4. The van der Waals surface area contributed by atoms with Crippen molar-refractivity contribution in [2.45, 2.75) is 13.0 Å². The number of aromatic nitrogens is 3. The second-order valence-corrected chi connectivity index (χ2v) is 4.05. The molecule has 1 N–H and O–H groups in total. The van der Waals surface area contributed by atoms with Gasteiger partial charge in [-0.15, -0.1) is 0 Å². The number of nitrogens with zero attached hydrogens (tertiary/aromatic N) is 3. The Morgan fingerprint density at radius 2 is 2.39 bits per heavy atom. The zero-order valence-corrected chi connectivity index (χ0v) is 10.1. The van der Waals surface area contributed by atoms with Gasteiger partial charge in [0.05, 0.1) is 36.5 Å². The monoisotopic (exact) mass is 242 g/mol. The maximum absolute atomic E-state index is 5.17. The van der Waals surface area contributed by atoms with E-state index in [0.717, 1.165) is 23.2 Å². The van der Waals surface area contributed by atoms with E-state index in [1.165, 1.54) is 0 Å². The third-order valence-electron chi connectivity index (χ3n) is 2.95. The first-order chi connectivity index (χ1) is 8.90. The maximum Gasteiger partial charge on any atom is 0.0953 e. The van der Waals surface area contributed by atoms with Crippen molar-refractivity contribution in [2.75, 3.05) is 6.54 Å². The Morgan fingerprint density at radius 1 is 1.44 bits per heavy atom. The molecule has 0 bridgehead atoms. The lowest BCUT2D eigenvalue weighted by molar-refractivity contribution is 0.553. The van der Waals surface area contributed by atoms with Gasteiger partial charge in [0, 0.05) is 23.5 Å². The van der Waals surface area contributed by atoms with Crippen LogP contribution in [0.4, 0.5) is 0 Å². The predicted octanol–water partition coefficient (Wildman–Crippen LogP) is 2.02. The molecule has 18 heavy (non-hydrogen) atoms. The standard InChI is InChI=1S/C13H14N4O/c1-2-15-13(10-3-6-18-9-10)11-7-16-17-5-4-14-8-12(11)17/h3-9,13,15H,2H2,1H3. The van der Waals surface area contributed by atoms with Crippen molar-refractivity contribution >= 4 is 5.52 Å². The largest absolute Gasteiger partial charge is 0.472 e. The van der Waals surface area contributed by atoms with Crippen molar-refractivity contribution in [3.05, 3.63) is 54.5 Å². The molecule has 3 aromatic heterocycles. The average Bonchev–Trinajstić information content (AvgIpc) is 3.06. The van der Waals surface area contributed by atoms with E-state index < -0.39 is 0 Å². The fourth-order valence-corrected chi connectivity index (χ4v) is 2.13. The molecule has 0 aliphatic rings. The van der Waals surface area contributed by atoms with Crippen LogP contribution in [0.25, 0.3) is 5.52 Å². The van der Waals surface area contributed by atoms with Crippen LogP contribution in [-0.2, 0) is 0 Å². The Balaban J connectivity index is 2.10. The molecule has 0 amide bonds. The molecule has 0 fully saturated rings. The van der Waals surface area contributed by atoms with Crippen LogP contribution in [0.2, 0.25) is 0 Å². The molecule has 5 heteroatoms. The summed E-state index contributed by atoms with van der Waals surface area (Å²) in [7, 11) is 0. The number of rotatable bonds is 4. The van der Waals surface area contributed by atoms with Gasteiger partial charge in [0.2, 0.25) is 0 Å². The lowest BCUT2D eigenvalue weighted by Gasteiger charge is -2.14. The summed E-state index contributed by atoms with van der Waals surface area (Å²) < 4.78 is 7.00. The molecular formula is C13H14N4O. The minimum atomic E-state index is 0.0791. The highest BCUT2D eigenvalue weighted by Gasteiger charge is 2.18. The van der Waals surface area contributed by atoms with E-state index in [1.807, 2.05) is 29.2 Å². The molecule has 0 aromatic carbocycles. The van der Waals surface area contributed by atoms with Gasteiger partial charge in [0.25, 0.3) is 0 Å². The Kier molecular flexibility index (Phi) is 2.82. The minimum absolute atomic E-state index is 0.0791. The van der Waals surface area contributed by atoms with Gasteiger partial charge in [-0.05, 0) is 12.6 Å². The number of hydrogen-bond acceptors (Lipinski definition) is 4. The molecule has 92 valence electrons. The molecule has 0 saturated heterocycles. The van der Waals surface area contributed by atoms with E-state index >= 15 is 0 Å². The van der Waals surface area contributed by atoms with Gasteiger partial charge in [-0.2, -0.15) is 5.10 Å².